The number of nitrogens with zero attached hydrogens (tertiary/aromatic N) is 2. The maximum absolute atomic E-state index is 13.2. The first-order chi connectivity index (χ1) is 15.5. The minimum absolute atomic E-state index is 0.170. The van der Waals surface area contributed by atoms with Crippen LogP contribution in [0.5, 0.6) is 0 Å². The first-order valence-corrected chi connectivity index (χ1v) is 10.8. The molecule has 4 rings (SSSR count). The van der Waals surface area contributed by atoms with Crippen LogP contribution in [0, 0.1) is 0 Å². The van der Waals surface area contributed by atoms with Crippen LogP contribution in [0.3, 0.4) is 0 Å². The van der Waals surface area contributed by atoms with Crippen LogP contribution < -0.4 is 16.0 Å². The predicted octanol–water partition coefficient (Wildman–Crippen LogP) is 4.16. The minimum Gasteiger partial charge on any atom is -0.368 e. The van der Waals surface area contributed by atoms with Crippen molar-refractivity contribution in [1.29, 1.82) is 0 Å². The lowest BCUT2D eigenvalue weighted by atomic mass is 10.1. The smallest absolute Gasteiger partial charge is 0.257 e. The maximum atomic E-state index is 13.2. The third kappa shape index (κ3) is 4.81. The van der Waals surface area contributed by atoms with Crippen molar-refractivity contribution in [3.8, 4) is 0 Å². The lowest BCUT2D eigenvalue weighted by Gasteiger charge is -2.23. The number of rotatable bonds is 7. The van der Waals surface area contributed by atoms with Gasteiger partial charge < -0.3 is 16.0 Å². The highest BCUT2D eigenvalue weighted by Gasteiger charge is 2.28. The van der Waals surface area contributed by atoms with E-state index in [0.717, 1.165) is 42.0 Å². The molecule has 3 N–H and O–H groups in total. The van der Waals surface area contributed by atoms with Gasteiger partial charge >= 0.3 is 0 Å². The van der Waals surface area contributed by atoms with Crippen LogP contribution in [-0.4, -0.2) is 36.3 Å². The van der Waals surface area contributed by atoms with Gasteiger partial charge in [-0.05, 0) is 61.3 Å². The van der Waals surface area contributed by atoms with Crippen molar-refractivity contribution in [1.82, 2.24) is 4.90 Å². The molecule has 0 saturated carbocycles. The summed E-state index contributed by atoms with van der Waals surface area (Å²) in [6.07, 6.45) is 1.77. The highest BCUT2D eigenvalue weighted by molar-refractivity contribution is 6.08. The molecule has 1 aliphatic rings. The predicted molar refractivity (Wildman–Crippen MR) is 128 cm³/mol. The molecule has 2 amide bonds. The van der Waals surface area contributed by atoms with E-state index in [-0.39, 0.29) is 17.9 Å². The number of primary amides is 1. The van der Waals surface area contributed by atoms with E-state index in [1.165, 1.54) is 0 Å². The quantitative estimate of drug-likeness (QED) is 0.592. The Morgan fingerprint density at radius 2 is 1.78 bits per heavy atom. The molecule has 0 aliphatic carbocycles. The number of carbonyl (C=O) groups excluding carboxylic acids is 2. The van der Waals surface area contributed by atoms with Crippen LogP contribution in [0.15, 0.2) is 78.9 Å². The number of carbonyl (C=O) groups is 2. The Labute approximate surface area is 188 Å². The summed E-state index contributed by atoms with van der Waals surface area (Å²) in [6, 6.07) is 25.0. The summed E-state index contributed by atoms with van der Waals surface area (Å²) < 4.78 is 0. The van der Waals surface area contributed by atoms with Gasteiger partial charge in [0.25, 0.3) is 5.91 Å². The Balaban J connectivity index is 1.51. The molecule has 164 valence electrons. The van der Waals surface area contributed by atoms with Gasteiger partial charge in [-0.15, -0.1) is 0 Å². The molecule has 3 aromatic carbocycles. The van der Waals surface area contributed by atoms with Crippen molar-refractivity contribution in [3.63, 3.8) is 0 Å². The SMILES string of the molecule is CN(c1ccccc1)c1ccccc1C(=O)Nc1cccc(CN2CCCC2C(N)=O)c1. The minimum atomic E-state index is -0.272. The zero-order valence-electron chi connectivity index (χ0n) is 18.2. The molecule has 6 heteroatoms. The van der Waals surface area contributed by atoms with Crippen molar-refractivity contribution in [2.45, 2.75) is 25.4 Å². The summed E-state index contributed by atoms with van der Waals surface area (Å²) in [7, 11) is 1.95. The van der Waals surface area contributed by atoms with Crippen LogP contribution in [0.2, 0.25) is 0 Å². The fourth-order valence-corrected chi connectivity index (χ4v) is 4.27. The number of benzene rings is 3. The summed E-state index contributed by atoms with van der Waals surface area (Å²) in [5.41, 5.74) is 9.72. The maximum Gasteiger partial charge on any atom is 0.257 e. The number of hydrogen-bond donors (Lipinski definition) is 2. The van der Waals surface area contributed by atoms with Crippen molar-refractivity contribution in [2.75, 3.05) is 23.8 Å². The van der Waals surface area contributed by atoms with Crippen LogP contribution in [-0.2, 0) is 11.3 Å². The third-order valence-corrected chi connectivity index (χ3v) is 5.92. The van der Waals surface area contributed by atoms with E-state index < -0.39 is 0 Å². The molecule has 32 heavy (non-hydrogen) atoms. The molecule has 0 spiro atoms. The van der Waals surface area contributed by atoms with Gasteiger partial charge in [-0.3, -0.25) is 14.5 Å². The highest BCUT2D eigenvalue weighted by atomic mass is 16.2. The zero-order chi connectivity index (χ0) is 22.5. The van der Waals surface area contributed by atoms with Gasteiger partial charge in [0.1, 0.15) is 0 Å². The fourth-order valence-electron chi connectivity index (χ4n) is 4.27. The number of amides is 2. The summed E-state index contributed by atoms with van der Waals surface area (Å²) >= 11 is 0. The molecular formula is C26H28N4O2. The van der Waals surface area contributed by atoms with E-state index in [9.17, 15) is 9.59 Å². The fraction of sp³-hybridized carbons (Fsp3) is 0.231. The Morgan fingerprint density at radius 1 is 1.03 bits per heavy atom. The molecular weight excluding hydrogens is 400 g/mol. The number of likely N-dealkylation sites (tertiary alicyclic amines) is 1. The molecule has 6 nitrogen and oxygen atoms in total. The molecule has 0 aromatic heterocycles. The van der Waals surface area contributed by atoms with Gasteiger partial charge in [-0.1, -0.05) is 42.5 Å². The van der Waals surface area contributed by atoms with E-state index in [0.29, 0.717) is 12.1 Å². The zero-order valence-corrected chi connectivity index (χ0v) is 18.2. The summed E-state index contributed by atoms with van der Waals surface area (Å²) in [6.45, 7) is 1.48. The first kappa shape index (κ1) is 21.6. The topological polar surface area (TPSA) is 78.7 Å². The Bertz CT molecular complexity index is 1100. The Morgan fingerprint density at radius 3 is 2.56 bits per heavy atom. The normalized spacial score (nSPS) is 16.0. The average Bonchev–Trinajstić information content (AvgIpc) is 3.28. The molecule has 3 aromatic rings. The molecule has 1 aliphatic heterocycles. The largest absolute Gasteiger partial charge is 0.368 e. The number of hydrogen-bond acceptors (Lipinski definition) is 4. The lowest BCUT2D eigenvalue weighted by molar-refractivity contribution is -0.122. The van der Waals surface area contributed by atoms with Gasteiger partial charge in [0.15, 0.2) is 0 Å². The summed E-state index contributed by atoms with van der Waals surface area (Å²) in [5, 5.41) is 3.03. The van der Waals surface area contributed by atoms with Crippen LogP contribution in [0.25, 0.3) is 0 Å². The Hall–Kier alpha value is -3.64. The average molecular weight is 429 g/mol. The standard InChI is InChI=1S/C26H28N4O2/c1-29(21-11-3-2-4-12-21)23-14-6-5-13-22(23)26(32)28-20-10-7-9-19(17-20)18-30-16-8-15-24(30)25(27)31/h2-7,9-14,17,24H,8,15-16,18H2,1H3,(H2,27,31)(H,28,32). The number of para-hydroxylation sites is 2. The first-order valence-electron chi connectivity index (χ1n) is 10.8. The third-order valence-electron chi connectivity index (χ3n) is 5.92. The molecule has 1 unspecified atom stereocenters. The molecule has 1 heterocycles. The summed E-state index contributed by atoms with van der Waals surface area (Å²) in [5.74, 6) is -0.442. The van der Waals surface area contributed by atoms with E-state index in [4.69, 9.17) is 5.73 Å². The van der Waals surface area contributed by atoms with Gasteiger partial charge in [0, 0.05) is 25.0 Å². The Kier molecular flexibility index (Phi) is 6.52. The molecule has 0 bridgehead atoms. The molecule has 1 atom stereocenters. The van der Waals surface area contributed by atoms with E-state index in [1.54, 1.807) is 0 Å². The van der Waals surface area contributed by atoms with Crippen LogP contribution >= 0.6 is 0 Å². The highest BCUT2D eigenvalue weighted by Crippen LogP contribution is 2.28. The molecule has 1 fully saturated rings. The van der Waals surface area contributed by atoms with Gasteiger partial charge in [-0.2, -0.15) is 0 Å². The van der Waals surface area contributed by atoms with Crippen molar-refractivity contribution in [3.05, 3.63) is 90.0 Å². The van der Waals surface area contributed by atoms with Gasteiger partial charge in [0.2, 0.25) is 5.91 Å². The second-order valence-corrected chi connectivity index (χ2v) is 8.10. The van der Waals surface area contributed by atoms with Crippen LogP contribution in [0.4, 0.5) is 17.1 Å². The second-order valence-electron chi connectivity index (χ2n) is 8.10. The molecule has 0 radical (unpaired) electrons. The van der Waals surface area contributed by atoms with E-state index >= 15 is 0 Å². The lowest BCUT2D eigenvalue weighted by Crippen LogP contribution is -2.39. The second kappa shape index (κ2) is 9.66. The number of nitrogens with two attached hydrogens (primary N) is 1. The number of anilines is 3. The molecule has 1 saturated heterocycles. The van der Waals surface area contributed by atoms with E-state index in [2.05, 4.69) is 10.2 Å². The van der Waals surface area contributed by atoms with Crippen molar-refractivity contribution >= 4 is 28.9 Å². The van der Waals surface area contributed by atoms with Gasteiger partial charge in [0.05, 0.1) is 17.3 Å². The summed E-state index contributed by atoms with van der Waals surface area (Å²) in [4.78, 5) is 28.9. The van der Waals surface area contributed by atoms with E-state index in [1.807, 2.05) is 90.8 Å². The number of nitrogens with one attached hydrogen (secondary N) is 1. The van der Waals surface area contributed by atoms with Crippen molar-refractivity contribution in [2.24, 2.45) is 5.73 Å². The monoisotopic (exact) mass is 428 g/mol. The van der Waals surface area contributed by atoms with Crippen LogP contribution in [0.1, 0.15) is 28.8 Å². The van der Waals surface area contributed by atoms with Crippen molar-refractivity contribution < 1.29 is 9.59 Å². The van der Waals surface area contributed by atoms with Gasteiger partial charge in [-0.25, -0.2) is 0 Å².